The zero-order valence-electron chi connectivity index (χ0n) is 17.4. The number of nitrogens with one attached hydrogen (secondary N) is 2. The molecule has 3 fully saturated rings. The van der Waals surface area contributed by atoms with Crippen LogP contribution in [0.3, 0.4) is 0 Å². The number of alkyl halides is 3. The summed E-state index contributed by atoms with van der Waals surface area (Å²) in [4.78, 5) is 16.8. The third-order valence-electron chi connectivity index (χ3n) is 6.98. The van der Waals surface area contributed by atoms with Crippen LogP contribution in [0.2, 0.25) is 0 Å². The normalized spacial score (nSPS) is 26.4. The topological polar surface area (TPSA) is 57.4 Å². The predicted octanol–water partition coefficient (Wildman–Crippen LogP) is 4.81. The Labute approximate surface area is 179 Å². The predicted molar refractivity (Wildman–Crippen MR) is 112 cm³/mol. The highest BCUT2D eigenvalue weighted by Crippen LogP contribution is 2.43. The maximum absolute atomic E-state index is 12.6. The Morgan fingerprint density at radius 2 is 1.94 bits per heavy atom. The lowest BCUT2D eigenvalue weighted by Gasteiger charge is -2.20. The first kappa shape index (κ1) is 20.7. The number of carbonyl (C=O) groups is 1. The summed E-state index contributed by atoms with van der Waals surface area (Å²) in [6.45, 7) is 0.955. The molecule has 2 aromatic rings. The number of amides is 1. The van der Waals surface area contributed by atoms with Crippen LogP contribution in [0, 0.1) is 23.7 Å². The molecule has 3 aliphatic rings. The Morgan fingerprint density at radius 3 is 2.61 bits per heavy atom. The molecule has 5 rings (SSSR count). The molecule has 5 nitrogen and oxygen atoms in total. The van der Waals surface area contributed by atoms with E-state index in [1.807, 2.05) is 24.4 Å². The Balaban J connectivity index is 1.11. The molecule has 1 aliphatic heterocycles. The zero-order valence-corrected chi connectivity index (χ0v) is 17.4. The van der Waals surface area contributed by atoms with Crippen molar-refractivity contribution in [3.05, 3.63) is 24.4 Å². The van der Waals surface area contributed by atoms with Crippen molar-refractivity contribution in [3.8, 4) is 5.75 Å². The molecule has 1 aromatic heterocycles. The molecule has 1 saturated heterocycles. The van der Waals surface area contributed by atoms with Crippen LogP contribution in [-0.4, -0.2) is 48.2 Å². The molecule has 2 N–H and O–H groups in total. The summed E-state index contributed by atoms with van der Waals surface area (Å²) in [6, 6.07) is 5.82. The van der Waals surface area contributed by atoms with Gasteiger partial charge >= 0.3 is 6.18 Å². The number of ether oxygens (including phenoxy) is 1. The molecule has 1 unspecified atom stereocenters. The van der Waals surface area contributed by atoms with Gasteiger partial charge in [0, 0.05) is 36.1 Å². The fraction of sp³-hybridized carbons (Fsp3) is 0.609. The number of fused-ring (bicyclic) bond motifs is 2. The van der Waals surface area contributed by atoms with Crippen LogP contribution in [-0.2, 0) is 4.79 Å². The second-order valence-corrected chi connectivity index (χ2v) is 9.48. The summed E-state index contributed by atoms with van der Waals surface area (Å²) >= 11 is 0. The van der Waals surface area contributed by atoms with Gasteiger partial charge in [-0.05, 0) is 68.1 Å². The van der Waals surface area contributed by atoms with Crippen LogP contribution in [0.25, 0.3) is 10.9 Å². The second-order valence-electron chi connectivity index (χ2n) is 9.48. The van der Waals surface area contributed by atoms with Gasteiger partial charge in [0.05, 0.1) is 18.8 Å². The van der Waals surface area contributed by atoms with E-state index in [-0.39, 0.29) is 11.8 Å². The zero-order chi connectivity index (χ0) is 21.6. The number of rotatable bonds is 7. The Kier molecular flexibility index (Phi) is 5.36. The van der Waals surface area contributed by atoms with Gasteiger partial charge in [-0.25, -0.2) is 0 Å². The lowest BCUT2D eigenvalue weighted by molar-refractivity contribution is -0.144. The third-order valence-corrected chi connectivity index (χ3v) is 6.98. The minimum absolute atomic E-state index is 0.0767. The highest BCUT2D eigenvalue weighted by molar-refractivity contribution is 6.03. The number of halogens is 3. The van der Waals surface area contributed by atoms with E-state index in [1.165, 1.54) is 0 Å². The van der Waals surface area contributed by atoms with Gasteiger partial charge < -0.3 is 15.0 Å². The summed E-state index contributed by atoms with van der Waals surface area (Å²) < 4.78 is 43.8. The average molecular weight is 435 g/mol. The van der Waals surface area contributed by atoms with Gasteiger partial charge in [0.1, 0.15) is 5.75 Å². The summed E-state index contributed by atoms with van der Waals surface area (Å²) in [7, 11) is 0. The highest BCUT2D eigenvalue weighted by Gasteiger charge is 2.43. The van der Waals surface area contributed by atoms with Crippen molar-refractivity contribution in [1.29, 1.82) is 0 Å². The number of carbonyl (C=O) groups excluding carboxylic acids is 1. The van der Waals surface area contributed by atoms with E-state index in [4.69, 9.17) is 4.74 Å². The van der Waals surface area contributed by atoms with E-state index >= 15 is 0 Å². The summed E-state index contributed by atoms with van der Waals surface area (Å²) in [5, 5.41) is 3.93. The highest BCUT2D eigenvalue weighted by atomic mass is 19.4. The lowest BCUT2D eigenvalue weighted by atomic mass is 10.0. The van der Waals surface area contributed by atoms with Crippen molar-refractivity contribution in [2.45, 2.75) is 38.3 Å². The number of benzene rings is 1. The van der Waals surface area contributed by atoms with E-state index in [0.29, 0.717) is 37.5 Å². The molecule has 0 bridgehead atoms. The molecule has 1 aromatic carbocycles. The third kappa shape index (κ3) is 4.84. The summed E-state index contributed by atoms with van der Waals surface area (Å²) in [5.74, 6) is 2.29. The van der Waals surface area contributed by atoms with E-state index < -0.39 is 12.7 Å². The molecule has 168 valence electrons. The summed E-state index contributed by atoms with van der Waals surface area (Å²) in [6.07, 6.45) is 2.55. The van der Waals surface area contributed by atoms with Crippen LogP contribution >= 0.6 is 0 Å². The Morgan fingerprint density at radius 1 is 1.19 bits per heavy atom. The Hall–Kier alpha value is -2.22. The van der Waals surface area contributed by atoms with Crippen LogP contribution in [0.15, 0.2) is 24.4 Å². The van der Waals surface area contributed by atoms with Gasteiger partial charge in [-0.15, -0.1) is 0 Å². The van der Waals surface area contributed by atoms with Crippen molar-refractivity contribution in [1.82, 2.24) is 9.88 Å². The van der Waals surface area contributed by atoms with Crippen LogP contribution in [0.4, 0.5) is 18.9 Å². The van der Waals surface area contributed by atoms with Gasteiger partial charge in [0.15, 0.2) is 0 Å². The Bertz CT molecular complexity index is 939. The smallest absolute Gasteiger partial charge is 0.401 e. The number of aromatic nitrogens is 1. The van der Waals surface area contributed by atoms with Gasteiger partial charge in [-0.1, -0.05) is 0 Å². The molecule has 0 spiro atoms. The van der Waals surface area contributed by atoms with Crippen molar-refractivity contribution < 1.29 is 22.7 Å². The molecule has 2 saturated carbocycles. The van der Waals surface area contributed by atoms with E-state index in [1.54, 1.807) is 4.90 Å². The number of hydrogen-bond acceptors (Lipinski definition) is 3. The average Bonchev–Trinajstić information content (AvgIpc) is 3.25. The van der Waals surface area contributed by atoms with Crippen LogP contribution < -0.4 is 10.1 Å². The van der Waals surface area contributed by atoms with Crippen molar-refractivity contribution in [2.24, 2.45) is 23.7 Å². The molecule has 2 heterocycles. The van der Waals surface area contributed by atoms with Gasteiger partial charge in [-0.2, -0.15) is 13.2 Å². The monoisotopic (exact) mass is 435 g/mol. The minimum atomic E-state index is -4.10. The van der Waals surface area contributed by atoms with Crippen molar-refractivity contribution in [2.75, 3.05) is 31.6 Å². The van der Waals surface area contributed by atoms with Gasteiger partial charge in [0.2, 0.25) is 5.91 Å². The molecule has 31 heavy (non-hydrogen) atoms. The van der Waals surface area contributed by atoms with Gasteiger partial charge in [0.25, 0.3) is 0 Å². The second kappa shape index (κ2) is 8.04. The number of H-pyrrole nitrogens is 1. The largest absolute Gasteiger partial charge is 0.494 e. The molecular formula is C23H28F3N3O2. The number of anilines is 1. The number of likely N-dealkylation sites (tertiary alicyclic amines) is 1. The maximum atomic E-state index is 12.6. The first-order valence-corrected chi connectivity index (χ1v) is 11.2. The van der Waals surface area contributed by atoms with Gasteiger partial charge in [-0.3, -0.25) is 9.69 Å². The molecule has 1 amide bonds. The molecule has 8 heteroatoms. The first-order valence-electron chi connectivity index (χ1n) is 11.2. The van der Waals surface area contributed by atoms with E-state index in [2.05, 4.69) is 10.3 Å². The fourth-order valence-corrected chi connectivity index (χ4v) is 5.36. The van der Waals surface area contributed by atoms with E-state index in [0.717, 1.165) is 54.4 Å². The number of nitrogens with zero attached hydrogens (tertiary/aromatic N) is 1. The molecule has 2 aliphatic carbocycles. The standard InChI is InChI=1S/C23H28F3N3O2/c24-23(25,26)13-29-11-16-7-14(8-17(16)12-29)5-6-31-18-3-4-20-19(9-18)21(10-27-20)28-22(30)15-1-2-15/h3-4,9-10,14-17,27H,1-2,5-8,11-13H2,(H,28,30)/t14?,16-,17+. The van der Waals surface area contributed by atoms with Crippen molar-refractivity contribution in [3.63, 3.8) is 0 Å². The number of hydrogen-bond donors (Lipinski definition) is 2. The quantitative estimate of drug-likeness (QED) is 0.657. The molecule has 3 atom stereocenters. The molecular weight excluding hydrogens is 407 g/mol. The summed E-state index contributed by atoms with van der Waals surface area (Å²) in [5.41, 5.74) is 1.73. The first-order chi connectivity index (χ1) is 14.8. The minimum Gasteiger partial charge on any atom is -0.494 e. The molecule has 0 radical (unpaired) electrons. The SMILES string of the molecule is O=C(Nc1c[nH]c2ccc(OCCC3C[C@@H]4CN(CC(F)(F)F)C[C@@H]4C3)cc12)C1CC1. The van der Waals surface area contributed by atoms with E-state index in [9.17, 15) is 18.0 Å². The maximum Gasteiger partial charge on any atom is 0.401 e. The fourth-order valence-electron chi connectivity index (χ4n) is 5.36. The van der Waals surface area contributed by atoms with Crippen molar-refractivity contribution >= 4 is 22.5 Å². The number of aromatic amines is 1. The van der Waals surface area contributed by atoms with Crippen LogP contribution in [0.1, 0.15) is 32.1 Å². The van der Waals surface area contributed by atoms with Crippen LogP contribution in [0.5, 0.6) is 5.75 Å². The lowest BCUT2D eigenvalue weighted by Crippen LogP contribution is -2.33.